The number of nitriles is 1. The summed E-state index contributed by atoms with van der Waals surface area (Å²) in [6.45, 7) is 1.53. The lowest BCUT2D eigenvalue weighted by Crippen LogP contribution is -2.17. The van der Waals surface area contributed by atoms with Crippen LogP contribution in [0.3, 0.4) is 0 Å². The fourth-order valence-electron chi connectivity index (χ4n) is 2.47. The maximum Gasteiger partial charge on any atom is 0.155 e. The Hall–Kier alpha value is -1.67. The van der Waals surface area contributed by atoms with Crippen molar-refractivity contribution in [2.24, 2.45) is 5.41 Å². The highest BCUT2D eigenvalue weighted by atomic mass is 32.2. The second-order valence-electron chi connectivity index (χ2n) is 4.42. The molecule has 94 valence electrons. The molecule has 0 unspecified atom stereocenters. The number of benzene rings is 1. The van der Waals surface area contributed by atoms with E-state index in [0.717, 1.165) is 5.56 Å². The maximum atomic E-state index is 12.0. The number of carbonyl (C=O) groups excluding carboxylic acids is 1. The van der Waals surface area contributed by atoms with Gasteiger partial charge >= 0.3 is 0 Å². The minimum absolute atomic E-state index is 0.0573. The van der Waals surface area contributed by atoms with Crippen LogP contribution in [0.15, 0.2) is 30.3 Å². The Labute approximate surface area is 106 Å². The van der Waals surface area contributed by atoms with Gasteiger partial charge in [0.1, 0.15) is 11.7 Å². The molecule has 0 saturated heterocycles. The van der Waals surface area contributed by atoms with Crippen LogP contribution in [-0.4, -0.2) is 25.7 Å². The normalized spacial score (nSPS) is 30.4. The lowest BCUT2D eigenvalue weighted by atomic mass is 10.0. The van der Waals surface area contributed by atoms with Crippen LogP contribution in [0.25, 0.3) is 0 Å². The van der Waals surface area contributed by atoms with Crippen LogP contribution in [0.1, 0.15) is 18.4 Å². The predicted molar refractivity (Wildman–Crippen MR) is 66.5 cm³/mol. The molecule has 3 atom stereocenters. The van der Waals surface area contributed by atoms with Gasteiger partial charge in [0.2, 0.25) is 0 Å². The minimum atomic E-state index is -3.41. The summed E-state index contributed by atoms with van der Waals surface area (Å²) in [5.74, 6) is -0.593. The maximum absolute atomic E-state index is 12.0. The summed E-state index contributed by atoms with van der Waals surface area (Å²) < 4.78 is 23.9. The topological polar surface area (TPSA) is 75.0 Å². The van der Waals surface area contributed by atoms with Crippen LogP contribution in [-0.2, 0) is 14.6 Å². The molecule has 18 heavy (non-hydrogen) atoms. The van der Waals surface area contributed by atoms with Crippen molar-refractivity contribution in [1.82, 2.24) is 0 Å². The van der Waals surface area contributed by atoms with Crippen molar-refractivity contribution in [2.45, 2.75) is 18.1 Å². The average Bonchev–Trinajstić information content (AvgIpc) is 3.10. The molecular formula is C13H13NO3S. The summed E-state index contributed by atoms with van der Waals surface area (Å²) in [4.78, 5) is 11.2. The molecule has 1 aliphatic carbocycles. The average molecular weight is 263 g/mol. The number of rotatable bonds is 4. The first kappa shape index (κ1) is 12.8. The van der Waals surface area contributed by atoms with E-state index in [4.69, 9.17) is 0 Å². The molecule has 0 heterocycles. The van der Waals surface area contributed by atoms with Gasteiger partial charge < -0.3 is 4.79 Å². The molecule has 1 fully saturated rings. The third-order valence-electron chi connectivity index (χ3n) is 3.52. The summed E-state index contributed by atoms with van der Waals surface area (Å²) in [5.41, 5.74) is -0.677. The van der Waals surface area contributed by atoms with Gasteiger partial charge in [-0.15, -0.1) is 0 Å². The first-order valence-corrected chi connectivity index (χ1v) is 7.39. The van der Waals surface area contributed by atoms with Gasteiger partial charge in [0.15, 0.2) is 9.84 Å². The Morgan fingerprint density at radius 2 is 2.00 bits per heavy atom. The summed E-state index contributed by atoms with van der Waals surface area (Å²) in [6, 6.07) is 10.8. The van der Waals surface area contributed by atoms with Crippen LogP contribution in [0.4, 0.5) is 0 Å². The molecule has 5 heteroatoms. The van der Waals surface area contributed by atoms with Gasteiger partial charge in [-0.2, -0.15) is 5.26 Å². The molecule has 2 rings (SSSR count). The fraction of sp³-hybridized carbons (Fsp3) is 0.385. The number of sulfone groups is 1. The number of aldehydes is 1. The summed E-state index contributed by atoms with van der Waals surface area (Å²) in [7, 11) is -3.41. The molecule has 1 aliphatic rings. The zero-order chi connectivity index (χ0) is 13.4. The first-order chi connectivity index (χ1) is 8.53. The third kappa shape index (κ3) is 1.65. The van der Waals surface area contributed by atoms with Crippen molar-refractivity contribution in [3.05, 3.63) is 35.9 Å². The van der Waals surface area contributed by atoms with E-state index in [9.17, 15) is 18.5 Å². The van der Waals surface area contributed by atoms with Gasteiger partial charge in [-0.05, 0) is 5.56 Å². The van der Waals surface area contributed by atoms with Crippen LogP contribution < -0.4 is 0 Å². The van der Waals surface area contributed by atoms with Crippen molar-refractivity contribution in [3.8, 4) is 6.07 Å². The van der Waals surface area contributed by atoms with E-state index >= 15 is 0 Å². The lowest BCUT2D eigenvalue weighted by Gasteiger charge is -1.99. The molecule has 0 amide bonds. The quantitative estimate of drug-likeness (QED) is 0.767. The van der Waals surface area contributed by atoms with Gasteiger partial charge in [0, 0.05) is 11.7 Å². The highest BCUT2D eigenvalue weighted by Gasteiger charge is 2.72. The summed E-state index contributed by atoms with van der Waals surface area (Å²) in [5, 5.41) is 8.27. The summed E-state index contributed by atoms with van der Waals surface area (Å²) >= 11 is 0. The van der Waals surface area contributed by atoms with E-state index in [1.54, 1.807) is 24.3 Å². The molecule has 1 saturated carbocycles. The number of hydrogen-bond acceptors (Lipinski definition) is 4. The highest BCUT2D eigenvalue weighted by molar-refractivity contribution is 7.92. The Morgan fingerprint density at radius 1 is 1.39 bits per heavy atom. The summed E-state index contributed by atoms with van der Waals surface area (Å²) in [6.07, 6.45) is 0.489. The minimum Gasteiger partial charge on any atom is -0.302 e. The number of carbonyl (C=O) groups is 1. The molecule has 0 aliphatic heterocycles. The van der Waals surface area contributed by atoms with E-state index in [1.165, 1.54) is 6.92 Å². The smallest absolute Gasteiger partial charge is 0.155 e. The van der Waals surface area contributed by atoms with Gasteiger partial charge in [-0.1, -0.05) is 37.3 Å². The van der Waals surface area contributed by atoms with Gasteiger partial charge in [0.25, 0.3) is 0 Å². The molecule has 4 nitrogen and oxygen atoms in total. The molecule has 1 aromatic rings. The number of nitrogens with zero attached hydrogens (tertiary/aromatic N) is 1. The Bertz CT molecular complexity index is 603. The van der Waals surface area contributed by atoms with Crippen LogP contribution in [0, 0.1) is 16.7 Å². The van der Waals surface area contributed by atoms with Crippen LogP contribution in [0.5, 0.6) is 0 Å². The van der Waals surface area contributed by atoms with Gasteiger partial charge in [-0.25, -0.2) is 8.42 Å². The fourth-order valence-corrected chi connectivity index (χ4v) is 4.40. The van der Waals surface area contributed by atoms with Gasteiger partial charge in [-0.3, -0.25) is 0 Å². The van der Waals surface area contributed by atoms with E-state index in [1.807, 2.05) is 12.1 Å². The standard InChI is InChI=1S/C13H13NO3S/c1-2-18(16,17)12-11(13(12,8-14)9-15)10-6-4-3-5-7-10/h3-7,9,11-12H,2H2,1H3/t11-,12+,13-/m0/s1. The van der Waals surface area contributed by atoms with Crippen molar-refractivity contribution in [3.63, 3.8) is 0 Å². The second kappa shape index (κ2) is 4.21. The van der Waals surface area contributed by atoms with Crippen molar-refractivity contribution in [2.75, 3.05) is 5.75 Å². The molecule has 0 bridgehead atoms. The van der Waals surface area contributed by atoms with Crippen molar-refractivity contribution in [1.29, 1.82) is 5.26 Å². The SMILES string of the molecule is CCS(=O)(=O)[C@@H]1[C@H](c2ccccc2)[C@]1(C#N)C=O. The molecule has 0 spiro atoms. The van der Waals surface area contributed by atoms with E-state index in [0.29, 0.717) is 6.29 Å². The van der Waals surface area contributed by atoms with E-state index < -0.39 is 26.4 Å². The van der Waals surface area contributed by atoms with E-state index in [2.05, 4.69) is 0 Å². The Balaban J connectivity index is 2.49. The lowest BCUT2D eigenvalue weighted by molar-refractivity contribution is -0.110. The third-order valence-corrected chi connectivity index (χ3v) is 5.76. The van der Waals surface area contributed by atoms with Gasteiger partial charge in [0.05, 0.1) is 11.3 Å². The molecule has 0 radical (unpaired) electrons. The molecule has 1 aromatic carbocycles. The predicted octanol–water partition coefficient (Wildman–Crippen LogP) is 1.30. The Morgan fingerprint density at radius 3 is 2.44 bits per heavy atom. The zero-order valence-corrected chi connectivity index (χ0v) is 10.7. The first-order valence-electron chi connectivity index (χ1n) is 5.67. The largest absolute Gasteiger partial charge is 0.302 e. The number of hydrogen-bond donors (Lipinski definition) is 0. The zero-order valence-electron chi connectivity index (χ0n) is 9.91. The molecule has 0 aromatic heterocycles. The monoisotopic (exact) mass is 263 g/mol. The van der Waals surface area contributed by atoms with Crippen LogP contribution in [0.2, 0.25) is 0 Å². The van der Waals surface area contributed by atoms with E-state index in [-0.39, 0.29) is 5.75 Å². The molecular weight excluding hydrogens is 250 g/mol. The molecule has 0 N–H and O–H groups in total. The van der Waals surface area contributed by atoms with Crippen LogP contribution >= 0.6 is 0 Å². The van der Waals surface area contributed by atoms with Crippen molar-refractivity contribution >= 4 is 16.1 Å². The Kier molecular flexibility index (Phi) is 2.99. The van der Waals surface area contributed by atoms with Crippen molar-refractivity contribution < 1.29 is 13.2 Å². The second-order valence-corrected chi connectivity index (χ2v) is 6.83. The highest BCUT2D eigenvalue weighted by Crippen LogP contribution is 2.61.